The largest absolute Gasteiger partial charge is 0.497 e. The first kappa shape index (κ1) is 17.9. The molecule has 2 aromatic carbocycles. The van der Waals surface area contributed by atoms with E-state index in [-0.39, 0.29) is 5.91 Å². The van der Waals surface area contributed by atoms with Gasteiger partial charge in [-0.15, -0.1) is 0 Å². The van der Waals surface area contributed by atoms with Gasteiger partial charge in [-0.05, 0) is 50.5 Å². The second kappa shape index (κ2) is 7.86. The first-order valence-corrected chi connectivity index (χ1v) is 8.14. The molecule has 0 aliphatic carbocycles. The lowest BCUT2D eigenvalue weighted by molar-refractivity contribution is -0.122. The third kappa shape index (κ3) is 4.28. The van der Waals surface area contributed by atoms with Crippen LogP contribution in [0.4, 0.5) is 5.69 Å². The van der Waals surface area contributed by atoms with Gasteiger partial charge in [-0.25, -0.2) is 0 Å². The summed E-state index contributed by atoms with van der Waals surface area (Å²) in [5, 5.41) is 3.01. The van der Waals surface area contributed by atoms with E-state index < -0.39 is 6.10 Å². The molecule has 24 heavy (non-hydrogen) atoms. The maximum atomic E-state index is 12.6. The number of carbonyl (C=O) groups excluding carboxylic acids is 1. The van der Waals surface area contributed by atoms with E-state index in [1.807, 2.05) is 45.9 Å². The minimum Gasteiger partial charge on any atom is -0.497 e. The number of benzene rings is 2. The quantitative estimate of drug-likeness (QED) is 0.854. The van der Waals surface area contributed by atoms with Crippen LogP contribution in [0.2, 0.25) is 0 Å². The summed E-state index contributed by atoms with van der Waals surface area (Å²) in [6, 6.07) is 11.4. The van der Waals surface area contributed by atoms with E-state index >= 15 is 0 Å². The van der Waals surface area contributed by atoms with E-state index in [0.717, 1.165) is 16.8 Å². The Labute approximate surface area is 143 Å². The Morgan fingerprint density at radius 1 is 1.08 bits per heavy atom. The van der Waals surface area contributed by atoms with Crippen molar-refractivity contribution in [1.82, 2.24) is 0 Å². The second-order valence-electron chi connectivity index (χ2n) is 5.96. The highest BCUT2D eigenvalue weighted by atomic mass is 16.5. The Morgan fingerprint density at radius 2 is 1.71 bits per heavy atom. The molecular weight excluding hydrogens is 302 g/mol. The number of methoxy groups -OCH3 is 1. The molecule has 0 unspecified atom stereocenters. The van der Waals surface area contributed by atoms with Crippen molar-refractivity contribution in [2.75, 3.05) is 12.4 Å². The molecule has 0 aliphatic rings. The highest BCUT2D eigenvalue weighted by Crippen LogP contribution is 2.24. The van der Waals surface area contributed by atoms with Crippen LogP contribution >= 0.6 is 0 Å². The molecule has 4 nitrogen and oxygen atoms in total. The van der Waals surface area contributed by atoms with Crippen molar-refractivity contribution >= 4 is 11.6 Å². The van der Waals surface area contributed by atoms with Crippen LogP contribution in [0.15, 0.2) is 36.4 Å². The number of nitrogens with one attached hydrogen (secondary N) is 1. The minimum atomic E-state index is -0.558. The van der Waals surface area contributed by atoms with E-state index in [2.05, 4.69) is 17.4 Å². The Balaban J connectivity index is 2.14. The predicted octanol–water partition coefficient (Wildman–Crippen LogP) is 4.42. The van der Waals surface area contributed by atoms with Crippen LogP contribution in [-0.2, 0) is 4.79 Å². The van der Waals surface area contributed by atoms with Crippen LogP contribution in [0.25, 0.3) is 0 Å². The zero-order valence-corrected chi connectivity index (χ0v) is 15.0. The van der Waals surface area contributed by atoms with Crippen molar-refractivity contribution in [2.45, 2.75) is 40.2 Å². The van der Waals surface area contributed by atoms with Crippen molar-refractivity contribution in [3.05, 3.63) is 53.1 Å². The number of carbonyl (C=O) groups is 1. The third-order valence-electron chi connectivity index (χ3n) is 3.91. The maximum Gasteiger partial charge on any atom is 0.265 e. The van der Waals surface area contributed by atoms with Gasteiger partial charge in [0, 0.05) is 11.8 Å². The zero-order chi connectivity index (χ0) is 17.7. The molecular formula is C20H25NO3. The van der Waals surface area contributed by atoms with Crippen LogP contribution in [0.1, 0.15) is 30.0 Å². The molecule has 2 aromatic rings. The van der Waals surface area contributed by atoms with Gasteiger partial charge in [0.25, 0.3) is 5.91 Å². The Hall–Kier alpha value is -2.49. The fourth-order valence-corrected chi connectivity index (χ4v) is 2.74. The highest BCUT2D eigenvalue weighted by Gasteiger charge is 2.20. The van der Waals surface area contributed by atoms with Crippen molar-refractivity contribution < 1.29 is 14.3 Å². The first-order chi connectivity index (χ1) is 11.4. The van der Waals surface area contributed by atoms with Crippen molar-refractivity contribution in [2.24, 2.45) is 0 Å². The zero-order valence-electron chi connectivity index (χ0n) is 15.0. The highest BCUT2D eigenvalue weighted by molar-refractivity contribution is 5.95. The molecule has 1 atom stereocenters. The summed E-state index contributed by atoms with van der Waals surface area (Å²) in [5.74, 6) is 1.18. The smallest absolute Gasteiger partial charge is 0.265 e. The van der Waals surface area contributed by atoms with Crippen LogP contribution in [0.3, 0.4) is 0 Å². The topological polar surface area (TPSA) is 47.6 Å². The second-order valence-corrected chi connectivity index (χ2v) is 5.96. The Kier molecular flexibility index (Phi) is 5.85. The van der Waals surface area contributed by atoms with Crippen LogP contribution in [-0.4, -0.2) is 19.1 Å². The number of hydrogen-bond acceptors (Lipinski definition) is 3. The monoisotopic (exact) mass is 327 g/mol. The van der Waals surface area contributed by atoms with E-state index in [9.17, 15) is 4.79 Å². The summed E-state index contributed by atoms with van der Waals surface area (Å²) in [6.45, 7) is 7.98. The van der Waals surface area contributed by atoms with Gasteiger partial charge in [0.15, 0.2) is 6.10 Å². The van der Waals surface area contributed by atoms with Gasteiger partial charge in [-0.3, -0.25) is 4.79 Å². The van der Waals surface area contributed by atoms with Gasteiger partial charge < -0.3 is 14.8 Å². The standard InChI is InChI=1S/C20H25NO3/c1-6-18(24-17-9-7-8-16(12-17)23-5)20(22)21-19-14(3)10-13(2)11-15(19)4/h7-12,18H,6H2,1-5H3,(H,21,22)/t18-/m1/s1. The van der Waals surface area contributed by atoms with E-state index in [0.29, 0.717) is 17.9 Å². The van der Waals surface area contributed by atoms with E-state index in [1.54, 1.807) is 13.2 Å². The predicted molar refractivity (Wildman–Crippen MR) is 97.0 cm³/mol. The molecule has 0 aromatic heterocycles. The Bertz CT molecular complexity index is 702. The molecule has 4 heteroatoms. The van der Waals surface area contributed by atoms with Gasteiger partial charge in [0.2, 0.25) is 0 Å². The summed E-state index contributed by atoms with van der Waals surface area (Å²) in [7, 11) is 1.60. The van der Waals surface area contributed by atoms with Gasteiger partial charge in [-0.1, -0.05) is 30.7 Å². The van der Waals surface area contributed by atoms with Crippen molar-refractivity contribution in [3.8, 4) is 11.5 Å². The number of amides is 1. The van der Waals surface area contributed by atoms with Crippen LogP contribution < -0.4 is 14.8 Å². The molecule has 1 N–H and O–H groups in total. The molecule has 128 valence electrons. The molecule has 0 spiro atoms. The molecule has 0 fully saturated rings. The van der Waals surface area contributed by atoms with Crippen LogP contribution in [0, 0.1) is 20.8 Å². The number of aryl methyl sites for hydroxylation is 3. The average Bonchev–Trinajstić information content (AvgIpc) is 2.55. The summed E-state index contributed by atoms with van der Waals surface area (Å²) < 4.78 is 11.0. The molecule has 0 aliphatic heterocycles. The minimum absolute atomic E-state index is 0.143. The summed E-state index contributed by atoms with van der Waals surface area (Å²) in [5.41, 5.74) is 4.15. The number of ether oxygens (including phenoxy) is 2. The van der Waals surface area contributed by atoms with E-state index in [4.69, 9.17) is 9.47 Å². The molecule has 1 amide bonds. The van der Waals surface area contributed by atoms with Crippen molar-refractivity contribution in [3.63, 3.8) is 0 Å². The van der Waals surface area contributed by atoms with Gasteiger partial charge in [0.1, 0.15) is 11.5 Å². The molecule has 0 bridgehead atoms. The average molecular weight is 327 g/mol. The summed E-state index contributed by atoms with van der Waals surface area (Å²) >= 11 is 0. The van der Waals surface area contributed by atoms with E-state index in [1.165, 1.54) is 5.56 Å². The van der Waals surface area contributed by atoms with Crippen LogP contribution in [0.5, 0.6) is 11.5 Å². The SMILES string of the molecule is CC[C@@H](Oc1cccc(OC)c1)C(=O)Nc1c(C)cc(C)cc1C. The van der Waals surface area contributed by atoms with Gasteiger partial charge in [-0.2, -0.15) is 0 Å². The maximum absolute atomic E-state index is 12.6. The van der Waals surface area contributed by atoms with Crippen molar-refractivity contribution in [1.29, 1.82) is 0 Å². The van der Waals surface area contributed by atoms with Gasteiger partial charge >= 0.3 is 0 Å². The lowest BCUT2D eigenvalue weighted by atomic mass is 10.0. The molecule has 0 saturated carbocycles. The van der Waals surface area contributed by atoms with Gasteiger partial charge in [0.05, 0.1) is 7.11 Å². The third-order valence-corrected chi connectivity index (χ3v) is 3.91. The normalized spacial score (nSPS) is 11.7. The molecule has 0 heterocycles. The lowest BCUT2D eigenvalue weighted by Crippen LogP contribution is -2.32. The molecule has 0 saturated heterocycles. The summed E-state index contributed by atoms with van der Waals surface area (Å²) in [4.78, 5) is 12.6. The number of rotatable bonds is 6. The fourth-order valence-electron chi connectivity index (χ4n) is 2.74. The number of hydrogen-bond donors (Lipinski definition) is 1. The molecule has 2 rings (SSSR count). The Morgan fingerprint density at radius 3 is 2.29 bits per heavy atom. The number of anilines is 1. The lowest BCUT2D eigenvalue weighted by Gasteiger charge is -2.19. The first-order valence-electron chi connectivity index (χ1n) is 8.14. The fraction of sp³-hybridized carbons (Fsp3) is 0.350. The summed E-state index contributed by atoms with van der Waals surface area (Å²) in [6.07, 6.45) is 0.0182. The molecule has 0 radical (unpaired) electrons.